The van der Waals surface area contributed by atoms with E-state index in [4.69, 9.17) is 0 Å². The van der Waals surface area contributed by atoms with Gasteiger partial charge in [0.05, 0.1) is 4.90 Å². The van der Waals surface area contributed by atoms with Gasteiger partial charge in [0.25, 0.3) is 0 Å². The van der Waals surface area contributed by atoms with Crippen LogP contribution in [0.3, 0.4) is 0 Å². The van der Waals surface area contributed by atoms with Crippen LogP contribution in [0, 0.1) is 5.92 Å². The second-order valence-corrected chi connectivity index (χ2v) is 7.25. The smallest absolute Gasteiger partial charge is 0.240 e. The molecule has 0 aromatic heterocycles. The van der Waals surface area contributed by atoms with Gasteiger partial charge in [-0.2, -0.15) is 0 Å². The van der Waals surface area contributed by atoms with Gasteiger partial charge in [0, 0.05) is 18.8 Å². The highest BCUT2D eigenvalue weighted by molar-refractivity contribution is 7.89. The molecule has 2 aliphatic rings. The van der Waals surface area contributed by atoms with Crippen LogP contribution in [-0.2, 0) is 16.4 Å². The molecule has 19 heavy (non-hydrogen) atoms. The molecule has 3 rings (SSSR count). The Labute approximate surface area is 114 Å². The van der Waals surface area contributed by atoms with Gasteiger partial charge >= 0.3 is 0 Å². The summed E-state index contributed by atoms with van der Waals surface area (Å²) in [6.45, 7) is 1.45. The van der Waals surface area contributed by atoms with E-state index in [9.17, 15) is 8.42 Å². The molecule has 1 aromatic carbocycles. The monoisotopic (exact) mass is 280 g/mol. The van der Waals surface area contributed by atoms with Gasteiger partial charge in [0.1, 0.15) is 0 Å². The summed E-state index contributed by atoms with van der Waals surface area (Å²) in [6, 6.07) is 5.36. The van der Waals surface area contributed by atoms with E-state index in [1.54, 1.807) is 12.1 Å². The third kappa shape index (κ3) is 2.77. The predicted octanol–water partition coefficient (Wildman–Crippen LogP) is 2.12. The fourth-order valence-corrected chi connectivity index (χ4v) is 3.77. The maximum absolute atomic E-state index is 12.2. The second kappa shape index (κ2) is 5.13. The van der Waals surface area contributed by atoms with Crippen LogP contribution in [0.25, 0.3) is 0 Å². The van der Waals surface area contributed by atoms with Crippen LogP contribution in [0.5, 0.6) is 0 Å². The van der Waals surface area contributed by atoms with Crippen LogP contribution < -0.4 is 10.0 Å². The number of fused-ring (bicyclic) bond motifs is 1. The lowest BCUT2D eigenvalue weighted by molar-refractivity contribution is 0.297. The Morgan fingerprint density at radius 2 is 2.16 bits per heavy atom. The molecule has 0 unspecified atom stereocenters. The molecule has 0 radical (unpaired) electrons. The summed E-state index contributed by atoms with van der Waals surface area (Å²) in [6.07, 6.45) is 5.75. The van der Waals surface area contributed by atoms with Gasteiger partial charge in [0.15, 0.2) is 0 Å². The Hall–Kier alpha value is -1.07. The number of hydrogen-bond acceptors (Lipinski definition) is 3. The van der Waals surface area contributed by atoms with E-state index in [0.717, 1.165) is 31.0 Å². The van der Waals surface area contributed by atoms with Crippen molar-refractivity contribution in [3.63, 3.8) is 0 Å². The van der Waals surface area contributed by atoms with Gasteiger partial charge in [0.2, 0.25) is 10.0 Å². The number of benzene rings is 1. The van der Waals surface area contributed by atoms with Gasteiger partial charge < -0.3 is 5.32 Å². The zero-order valence-electron chi connectivity index (χ0n) is 11.0. The largest absolute Gasteiger partial charge is 0.384 e. The summed E-state index contributed by atoms with van der Waals surface area (Å²) in [5.41, 5.74) is 2.16. The molecule has 4 nitrogen and oxygen atoms in total. The molecule has 104 valence electrons. The van der Waals surface area contributed by atoms with Gasteiger partial charge in [-0.3, -0.25) is 0 Å². The van der Waals surface area contributed by atoms with Gasteiger partial charge in [-0.05, 0) is 36.5 Å². The molecule has 2 N–H and O–H groups in total. The van der Waals surface area contributed by atoms with Crippen molar-refractivity contribution in [3.05, 3.63) is 23.8 Å². The van der Waals surface area contributed by atoms with Crippen LogP contribution >= 0.6 is 0 Å². The van der Waals surface area contributed by atoms with Gasteiger partial charge in [-0.25, -0.2) is 13.1 Å². The summed E-state index contributed by atoms with van der Waals surface area (Å²) in [5.74, 6) is 0.726. The summed E-state index contributed by atoms with van der Waals surface area (Å²) in [5, 5.41) is 3.21. The first-order chi connectivity index (χ1) is 9.15. The van der Waals surface area contributed by atoms with Crippen molar-refractivity contribution in [2.45, 2.75) is 37.0 Å². The molecule has 0 spiro atoms. The highest BCUT2D eigenvalue weighted by atomic mass is 32.2. The van der Waals surface area contributed by atoms with Crippen LogP contribution in [0.2, 0.25) is 0 Å². The normalized spacial score (nSPS) is 18.7. The number of nitrogens with one attached hydrogen (secondary N) is 2. The molecule has 5 heteroatoms. The fourth-order valence-electron chi connectivity index (χ4n) is 2.70. The first-order valence-electron chi connectivity index (χ1n) is 7.02. The van der Waals surface area contributed by atoms with Crippen LogP contribution in [0.15, 0.2) is 23.1 Å². The Bertz CT molecular complexity index is 565. The molecule has 0 amide bonds. The Balaban J connectivity index is 1.65. The molecule has 1 aliphatic heterocycles. The van der Waals surface area contributed by atoms with Crippen molar-refractivity contribution in [2.24, 2.45) is 5.92 Å². The minimum Gasteiger partial charge on any atom is -0.384 e. The SMILES string of the molecule is O=S(=O)(NCCC1CCC1)c1ccc2c(c1)NCC2. The molecule has 1 saturated carbocycles. The van der Waals surface area contributed by atoms with E-state index < -0.39 is 10.0 Å². The average Bonchev–Trinajstić information content (AvgIpc) is 2.79. The lowest BCUT2D eigenvalue weighted by Crippen LogP contribution is -2.27. The van der Waals surface area contributed by atoms with Crippen molar-refractivity contribution in [1.29, 1.82) is 0 Å². The standard InChI is InChI=1S/C14H20N2O2S/c17-19(18,16-9-6-11-2-1-3-11)13-5-4-12-7-8-15-14(12)10-13/h4-5,10-11,15-16H,1-3,6-9H2. The molecule has 1 aliphatic carbocycles. The Morgan fingerprint density at radius 3 is 2.89 bits per heavy atom. The summed E-state index contributed by atoms with van der Waals surface area (Å²) < 4.78 is 27.1. The van der Waals surface area contributed by atoms with E-state index in [2.05, 4.69) is 10.0 Å². The zero-order chi connectivity index (χ0) is 13.3. The van der Waals surface area contributed by atoms with Crippen molar-refractivity contribution >= 4 is 15.7 Å². The number of rotatable bonds is 5. The topological polar surface area (TPSA) is 58.2 Å². The molecular formula is C14H20N2O2S. The minimum absolute atomic E-state index is 0.370. The van der Waals surface area contributed by atoms with Crippen LogP contribution in [0.4, 0.5) is 5.69 Å². The maximum atomic E-state index is 12.2. The minimum atomic E-state index is -3.35. The van der Waals surface area contributed by atoms with E-state index >= 15 is 0 Å². The highest BCUT2D eigenvalue weighted by Gasteiger charge is 2.20. The molecule has 1 aromatic rings. The highest BCUT2D eigenvalue weighted by Crippen LogP contribution is 2.29. The second-order valence-electron chi connectivity index (χ2n) is 5.48. The molecular weight excluding hydrogens is 260 g/mol. The zero-order valence-corrected chi connectivity index (χ0v) is 11.8. The third-order valence-electron chi connectivity index (χ3n) is 4.17. The first kappa shape index (κ1) is 12.9. The fraction of sp³-hybridized carbons (Fsp3) is 0.571. The molecule has 1 heterocycles. The summed E-state index contributed by atoms with van der Waals surface area (Å²) in [7, 11) is -3.35. The lowest BCUT2D eigenvalue weighted by Gasteiger charge is -2.25. The maximum Gasteiger partial charge on any atom is 0.240 e. The van der Waals surface area contributed by atoms with E-state index in [1.165, 1.54) is 24.8 Å². The number of anilines is 1. The first-order valence-corrected chi connectivity index (χ1v) is 8.50. The predicted molar refractivity (Wildman–Crippen MR) is 75.8 cm³/mol. The van der Waals surface area contributed by atoms with Crippen molar-refractivity contribution in [1.82, 2.24) is 4.72 Å². The molecule has 0 bridgehead atoms. The van der Waals surface area contributed by atoms with E-state index in [0.29, 0.717) is 11.4 Å². The van der Waals surface area contributed by atoms with E-state index in [-0.39, 0.29) is 0 Å². The van der Waals surface area contributed by atoms with Gasteiger partial charge in [-0.1, -0.05) is 25.3 Å². The lowest BCUT2D eigenvalue weighted by atomic mass is 9.83. The molecule has 0 atom stereocenters. The number of sulfonamides is 1. The van der Waals surface area contributed by atoms with Crippen molar-refractivity contribution < 1.29 is 8.42 Å². The quantitative estimate of drug-likeness (QED) is 0.868. The van der Waals surface area contributed by atoms with Crippen molar-refractivity contribution in [2.75, 3.05) is 18.4 Å². The van der Waals surface area contributed by atoms with Gasteiger partial charge in [-0.15, -0.1) is 0 Å². The Kier molecular flexibility index (Phi) is 3.50. The van der Waals surface area contributed by atoms with Crippen molar-refractivity contribution in [3.8, 4) is 0 Å². The molecule has 0 saturated heterocycles. The van der Waals surface area contributed by atoms with E-state index in [1.807, 2.05) is 6.07 Å². The number of hydrogen-bond donors (Lipinski definition) is 2. The van der Waals surface area contributed by atoms with Crippen LogP contribution in [-0.4, -0.2) is 21.5 Å². The summed E-state index contributed by atoms with van der Waals surface area (Å²) >= 11 is 0. The molecule has 1 fully saturated rings. The average molecular weight is 280 g/mol. The summed E-state index contributed by atoms with van der Waals surface area (Å²) in [4.78, 5) is 0.370. The van der Waals surface area contributed by atoms with Crippen LogP contribution in [0.1, 0.15) is 31.2 Å². The third-order valence-corrected chi connectivity index (χ3v) is 5.63. The Morgan fingerprint density at radius 1 is 1.32 bits per heavy atom.